The normalized spacial score (nSPS) is 11.5. The highest BCUT2D eigenvalue weighted by atomic mass is 32.2. The quantitative estimate of drug-likeness (QED) is 0.807. The molecule has 1 heterocycles. The number of rotatable bonds is 5. The molecule has 0 unspecified atom stereocenters. The van der Waals surface area contributed by atoms with Gasteiger partial charge in [0.1, 0.15) is 0 Å². The summed E-state index contributed by atoms with van der Waals surface area (Å²) in [5.41, 5.74) is 6.06. The predicted molar refractivity (Wildman–Crippen MR) is 75.1 cm³/mol. The van der Waals surface area contributed by atoms with E-state index in [4.69, 9.17) is 10.5 Å². The molecule has 1 aromatic heterocycles. The number of nitrogens with zero attached hydrogens (tertiary/aromatic N) is 2. The molecule has 108 valence electrons. The van der Waals surface area contributed by atoms with E-state index in [-0.39, 0.29) is 10.6 Å². The molecule has 0 aliphatic heterocycles. The van der Waals surface area contributed by atoms with Gasteiger partial charge < -0.3 is 10.5 Å². The van der Waals surface area contributed by atoms with E-state index in [0.29, 0.717) is 11.5 Å². The third kappa shape index (κ3) is 2.91. The third-order valence-corrected chi connectivity index (χ3v) is 4.13. The minimum Gasteiger partial charge on any atom is -0.452 e. The maximum absolute atomic E-state index is 11.6. The molecular formula is C12H16N4O3S. The van der Waals surface area contributed by atoms with Crippen molar-refractivity contribution >= 4 is 15.7 Å². The summed E-state index contributed by atoms with van der Waals surface area (Å²) in [6.45, 7) is 2.70. The van der Waals surface area contributed by atoms with Crippen LogP contribution in [0.4, 0.5) is 5.69 Å². The summed E-state index contributed by atoms with van der Waals surface area (Å²) in [5, 5.41) is 4.08. The molecule has 20 heavy (non-hydrogen) atoms. The van der Waals surface area contributed by atoms with E-state index in [9.17, 15) is 8.42 Å². The highest BCUT2D eigenvalue weighted by Gasteiger charge is 2.14. The fourth-order valence-corrected chi connectivity index (χ4v) is 2.37. The van der Waals surface area contributed by atoms with E-state index < -0.39 is 10.0 Å². The molecule has 8 heteroatoms. The first-order chi connectivity index (χ1) is 9.46. The Morgan fingerprint density at radius 3 is 2.75 bits per heavy atom. The van der Waals surface area contributed by atoms with Crippen molar-refractivity contribution in [2.75, 3.05) is 12.8 Å². The summed E-state index contributed by atoms with van der Waals surface area (Å²) in [6, 6.07) is 4.30. The Morgan fingerprint density at radius 2 is 2.20 bits per heavy atom. The van der Waals surface area contributed by atoms with E-state index in [0.717, 1.165) is 6.54 Å². The smallest absolute Gasteiger partial charge is 0.240 e. The molecule has 0 saturated heterocycles. The molecule has 0 radical (unpaired) electrons. The number of aromatic nitrogens is 2. The Labute approximate surface area is 117 Å². The van der Waals surface area contributed by atoms with Crippen LogP contribution in [0.3, 0.4) is 0 Å². The van der Waals surface area contributed by atoms with Crippen molar-refractivity contribution in [2.24, 2.45) is 0 Å². The number of hydrogen-bond acceptors (Lipinski definition) is 5. The lowest BCUT2D eigenvalue weighted by atomic mass is 10.3. The van der Waals surface area contributed by atoms with Gasteiger partial charge in [0.05, 0.1) is 23.0 Å². The maximum Gasteiger partial charge on any atom is 0.240 e. The zero-order valence-corrected chi connectivity index (χ0v) is 12.0. The molecule has 0 bridgehead atoms. The monoisotopic (exact) mass is 296 g/mol. The van der Waals surface area contributed by atoms with Crippen LogP contribution < -0.4 is 15.2 Å². The molecule has 2 aromatic rings. The van der Waals surface area contributed by atoms with E-state index >= 15 is 0 Å². The molecule has 3 N–H and O–H groups in total. The number of hydrogen-bond donors (Lipinski definition) is 2. The van der Waals surface area contributed by atoms with Crippen molar-refractivity contribution in [2.45, 2.75) is 18.4 Å². The molecule has 1 aromatic carbocycles. The number of ether oxygens (including phenoxy) is 1. The summed E-state index contributed by atoms with van der Waals surface area (Å²) in [7, 11) is -2.17. The first-order valence-corrected chi connectivity index (χ1v) is 7.48. The van der Waals surface area contributed by atoms with Crippen LogP contribution in [0.1, 0.15) is 6.92 Å². The molecular weight excluding hydrogens is 280 g/mol. The molecule has 0 fully saturated rings. The number of nitrogen functional groups attached to an aromatic ring is 1. The summed E-state index contributed by atoms with van der Waals surface area (Å²) in [6.07, 6.45) is 3.30. The molecule has 0 aliphatic rings. The molecule has 0 saturated carbocycles. The van der Waals surface area contributed by atoms with Crippen molar-refractivity contribution in [1.82, 2.24) is 14.5 Å². The van der Waals surface area contributed by atoms with Gasteiger partial charge in [-0.15, -0.1) is 0 Å². The lowest BCUT2D eigenvalue weighted by Gasteiger charge is -2.08. The lowest BCUT2D eigenvalue weighted by molar-refractivity contribution is 0.483. The Kier molecular flexibility index (Phi) is 3.96. The number of benzene rings is 1. The SMILES string of the molecule is CCn1cc(Oc2ccc(S(=O)(=O)NC)cc2N)cn1. The second kappa shape index (κ2) is 5.51. The van der Waals surface area contributed by atoms with Crippen LogP contribution in [0.2, 0.25) is 0 Å². The van der Waals surface area contributed by atoms with Gasteiger partial charge in [-0.05, 0) is 32.2 Å². The lowest BCUT2D eigenvalue weighted by Crippen LogP contribution is -2.18. The summed E-state index contributed by atoms with van der Waals surface area (Å²) in [5.74, 6) is 0.929. The van der Waals surface area contributed by atoms with Gasteiger partial charge in [0.2, 0.25) is 10.0 Å². The summed E-state index contributed by atoms with van der Waals surface area (Å²) < 4.78 is 32.8. The zero-order chi connectivity index (χ0) is 14.8. The van der Waals surface area contributed by atoms with Crippen molar-refractivity contribution in [3.63, 3.8) is 0 Å². The molecule has 7 nitrogen and oxygen atoms in total. The Bertz CT molecular complexity index is 709. The first kappa shape index (κ1) is 14.4. The minimum absolute atomic E-state index is 0.0918. The number of nitrogens with one attached hydrogen (secondary N) is 1. The summed E-state index contributed by atoms with van der Waals surface area (Å²) >= 11 is 0. The van der Waals surface area contributed by atoms with E-state index in [1.165, 1.54) is 25.2 Å². The van der Waals surface area contributed by atoms with Gasteiger partial charge in [-0.3, -0.25) is 4.68 Å². The molecule has 0 atom stereocenters. The van der Waals surface area contributed by atoms with Crippen LogP contribution in [0, 0.1) is 0 Å². The van der Waals surface area contributed by atoms with Gasteiger partial charge in [-0.25, -0.2) is 13.1 Å². The van der Waals surface area contributed by atoms with Crippen molar-refractivity contribution in [1.29, 1.82) is 0 Å². The van der Waals surface area contributed by atoms with Crippen LogP contribution in [-0.4, -0.2) is 25.2 Å². The Hall–Kier alpha value is -2.06. The van der Waals surface area contributed by atoms with E-state index in [2.05, 4.69) is 9.82 Å². The molecule has 0 spiro atoms. The average molecular weight is 296 g/mol. The van der Waals surface area contributed by atoms with Crippen molar-refractivity contribution in [3.8, 4) is 11.5 Å². The number of sulfonamides is 1. The maximum atomic E-state index is 11.6. The Morgan fingerprint density at radius 1 is 1.45 bits per heavy atom. The average Bonchev–Trinajstić information content (AvgIpc) is 2.88. The van der Waals surface area contributed by atoms with E-state index in [1.54, 1.807) is 17.1 Å². The number of aryl methyl sites for hydroxylation is 1. The minimum atomic E-state index is -3.51. The fraction of sp³-hybridized carbons (Fsp3) is 0.250. The van der Waals surface area contributed by atoms with Gasteiger partial charge in [0.25, 0.3) is 0 Å². The molecule has 0 aliphatic carbocycles. The first-order valence-electron chi connectivity index (χ1n) is 5.99. The van der Waals surface area contributed by atoms with Crippen LogP contribution in [0.5, 0.6) is 11.5 Å². The largest absolute Gasteiger partial charge is 0.452 e. The van der Waals surface area contributed by atoms with Crippen molar-refractivity contribution < 1.29 is 13.2 Å². The number of anilines is 1. The standard InChI is InChI=1S/C12H16N4O3S/c1-3-16-8-9(7-15-16)19-12-5-4-10(6-11(12)13)20(17,18)14-2/h4-8,14H,3,13H2,1-2H3. The second-order valence-electron chi connectivity index (χ2n) is 4.04. The van der Waals surface area contributed by atoms with Gasteiger partial charge in [-0.1, -0.05) is 0 Å². The van der Waals surface area contributed by atoms with Gasteiger partial charge in [0, 0.05) is 6.54 Å². The van der Waals surface area contributed by atoms with Crippen LogP contribution in [-0.2, 0) is 16.6 Å². The number of nitrogens with two attached hydrogens (primary N) is 1. The van der Waals surface area contributed by atoms with Gasteiger partial charge >= 0.3 is 0 Å². The van der Waals surface area contributed by atoms with Crippen molar-refractivity contribution in [3.05, 3.63) is 30.6 Å². The fourth-order valence-electron chi connectivity index (χ4n) is 1.60. The predicted octanol–water partition coefficient (Wildman–Crippen LogP) is 1.19. The van der Waals surface area contributed by atoms with Crippen LogP contribution in [0.15, 0.2) is 35.5 Å². The summed E-state index contributed by atoms with van der Waals surface area (Å²) in [4.78, 5) is 0.0918. The second-order valence-corrected chi connectivity index (χ2v) is 5.93. The Balaban J connectivity index is 2.26. The highest BCUT2D eigenvalue weighted by molar-refractivity contribution is 7.89. The molecule has 2 rings (SSSR count). The highest BCUT2D eigenvalue weighted by Crippen LogP contribution is 2.29. The molecule has 0 amide bonds. The zero-order valence-electron chi connectivity index (χ0n) is 11.2. The van der Waals surface area contributed by atoms with Gasteiger partial charge in [-0.2, -0.15) is 5.10 Å². The van der Waals surface area contributed by atoms with E-state index in [1.807, 2.05) is 6.92 Å². The van der Waals surface area contributed by atoms with Crippen LogP contribution >= 0.6 is 0 Å². The van der Waals surface area contributed by atoms with Gasteiger partial charge in [0.15, 0.2) is 11.5 Å². The topological polar surface area (TPSA) is 99.2 Å². The third-order valence-electron chi connectivity index (χ3n) is 2.72. The van der Waals surface area contributed by atoms with Crippen LogP contribution in [0.25, 0.3) is 0 Å².